The average molecular weight is 238 g/mol. The molecule has 0 spiro atoms. The van der Waals surface area contributed by atoms with Crippen LogP contribution < -0.4 is 5.32 Å². The lowest BCUT2D eigenvalue weighted by Gasteiger charge is -2.32. The van der Waals surface area contributed by atoms with Crippen molar-refractivity contribution in [3.05, 3.63) is 0 Å². The third kappa shape index (κ3) is 3.90. The normalized spacial score (nSPS) is 27.6. The van der Waals surface area contributed by atoms with Gasteiger partial charge in [-0.2, -0.15) is 0 Å². The van der Waals surface area contributed by atoms with Gasteiger partial charge in [-0.1, -0.05) is 32.6 Å². The number of nitrogens with zero attached hydrogens (tertiary/aromatic N) is 1. The SMILES string of the molecule is CC1CCCN(C(=O)NC2CCCCCC2)C1. The monoisotopic (exact) mass is 238 g/mol. The molecular formula is C14H26N2O. The topological polar surface area (TPSA) is 32.3 Å². The van der Waals surface area contributed by atoms with Crippen molar-refractivity contribution in [1.29, 1.82) is 0 Å². The quantitative estimate of drug-likeness (QED) is 0.699. The van der Waals surface area contributed by atoms with Gasteiger partial charge in [-0.05, 0) is 31.6 Å². The van der Waals surface area contributed by atoms with Gasteiger partial charge in [0.1, 0.15) is 0 Å². The minimum absolute atomic E-state index is 0.184. The summed E-state index contributed by atoms with van der Waals surface area (Å²) in [6.07, 6.45) is 10.0. The molecule has 0 aromatic heterocycles. The van der Waals surface area contributed by atoms with E-state index < -0.39 is 0 Å². The largest absolute Gasteiger partial charge is 0.335 e. The lowest BCUT2D eigenvalue weighted by atomic mass is 10.0. The zero-order valence-electron chi connectivity index (χ0n) is 11.1. The maximum absolute atomic E-state index is 12.1. The van der Waals surface area contributed by atoms with Crippen LogP contribution in [0.15, 0.2) is 0 Å². The van der Waals surface area contributed by atoms with Crippen LogP contribution in [0.5, 0.6) is 0 Å². The maximum atomic E-state index is 12.1. The van der Waals surface area contributed by atoms with Crippen molar-refractivity contribution in [2.24, 2.45) is 5.92 Å². The van der Waals surface area contributed by atoms with E-state index in [0.717, 1.165) is 13.1 Å². The highest BCUT2D eigenvalue weighted by Crippen LogP contribution is 2.19. The first-order chi connectivity index (χ1) is 8.25. The number of likely N-dealkylation sites (tertiary alicyclic amines) is 1. The Morgan fingerprint density at radius 2 is 1.76 bits per heavy atom. The van der Waals surface area contributed by atoms with Gasteiger partial charge in [-0.3, -0.25) is 0 Å². The number of nitrogens with one attached hydrogen (secondary N) is 1. The summed E-state index contributed by atoms with van der Waals surface area (Å²) >= 11 is 0. The summed E-state index contributed by atoms with van der Waals surface area (Å²) in [6.45, 7) is 4.13. The van der Waals surface area contributed by atoms with E-state index in [1.165, 1.54) is 51.4 Å². The average Bonchev–Trinajstić information content (AvgIpc) is 2.57. The Kier molecular flexibility index (Phi) is 4.69. The molecule has 98 valence electrons. The van der Waals surface area contributed by atoms with E-state index in [9.17, 15) is 4.79 Å². The third-order valence-electron chi connectivity index (χ3n) is 4.13. The highest BCUT2D eigenvalue weighted by atomic mass is 16.2. The molecule has 1 atom stereocenters. The Balaban J connectivity index is 1.78. The molecule has 1 unspecified atom stereocenters. The van der Waals surface area contributed by atoms with Crippen LogP contribution in [0.1, 0.15) is 58.3 Å². The fraction of sp³-hybridized carbons (Fsp3) is 0.929. The van der Waals surface area contributed by atoms with Crippen molar-refractivity contribution in [2.45, 2.75) is 64.3 Å². The fourth-order valence-corrected chi connectivity index (χ4v) is 3.06. The van der Waals surface area contributed by atoms with Crippen LogP contribution in [-0.2, 0) is 0 Å². The second-order valence-electron chi connectivity index (χ2n) is 5.83. The second kappa shape index (κ2) is 6.27. The highest BCUT2D eigenvalue weighted by Gasteiger charge is 2.23. The molecule has 3 nitrogen and oxygen atoms in total. The number of piperidine rings is 1. The molecule has 1 aliphatic heterocycles. The van der Waals surface area contributed by atoms with E-state index in [1.807, 2.05) is 4.90 Å². The summed E-state index contributed by atoms with van der Waals surface area (Å²) < 4.78 is 0. The van der Waals surface area contributed by atoms with Gasteiger partial charge in [0.15, 0.2) is 0 Å². The molecule has 3 heteroatoms. The highest BCUT2D eigenvalue weighted by molar-refractivity contribution is 5.74. The molecule has 0 aromatic carbocycles. The number of hydrogen-bond acceptors (Lipinski definition) is 1. The molecule has 17 heavy (non-hydrogen) atoms. The van der Waals surface area contributed by atoms with Gasteiger partial charge >= 0.3 is 6.03 Å². The molecule has 1 saturated heterocycles. The number of amides is 2. The number of carbonyl (C=O) groups excluding carboxylic acids is 1. The van der Waals surface area contributed by atoms with Crippen molar-refractivity contribution in [2.75, 3.05) is 13.1 Å². The van der Waals surface area contributed by atoms with Crippen molar-refractivity contribution in [3.63, 3.8) is 0 Å². The predicted molar refractivity (Wildman–Crippen MR) is 70.0 cm³/mol. The van der Waals surface area contributed by atoms with Gasteiger partial charge in [-0.25, -0.2) is 4.79 Å². The number of hydrogen-bond donors (Lipinski definition) is 1. The summed E-state index contributed by atoms with van der Waals surface area (Å²) in [7, 11) is 0. The van der Waals surface area contributed by atoms with Crippen molar-refractivity contribution < 1.29 is 4.79 Å². The molecule has 2 amide bonds. The van der Waals surface area contributed by atoms with Crippen LogP contribution >= 0.6 is 0 Å². The lowest BCUT2D eigenvalue weighted by molar-refractivity contribution is 0.165. The molecule has 2 aliphatic rings. The zero-order chi connectivity index (χ0) is 12.1. The summed E-state index contributed by atoms with van der Waals surface area (Å²) in [5.41, 5.74) is 0. The number of rotatable bonds is 1. The number of urea groups is 1. The lowest BCUT2D eigenvalue weighted by Crippen LogP contribution is -2.48. The second-order valence-corrected chi connectivity index (χ2v) is 5.83. The number of carbonyl (C=O) groups is 1. The molecule has 1 N–H and O–H groups in total. The molecular weight excluding hydrogens is 212 g/mol. The van der Waals surface area contributed by atoms with Gasteiger partial charge in [-0.15, -0.1) is 0 Å². The summed E-state index contributed by atoms with van der Waals surface area (Å²) in [4.78, 5) is 14.2. The van der Waals surface area contributed by atoms with Crippen LogP contribution in [0.2, 0.25) is 0 Å². The Hall–Kier alpha value is -0.730. The van der Waals surface area contributed by atoms with Gasteiger partial charge < -0.3 is 10.2 Å². The fourth-order valence-electron chi connectivity index (χ4n) is 3.06. The van der Waals surface area contributed by atoms with Crippen LogP contribution in [0.3, 0.4) is 0 Å². The minimum atomic E-state index is 0.184. The Morgan fingerprint density at radius 1 is 1.06 bits per heavy atom. The van der Waals surface area contributed by atoms with E-state index in [-0.39, 0.29) is 6.03 Å². The van der Waals surface area contributed by atoms with E-state index in [4.69, 9.17) is 0 Å². The Morgan fingerprint density at radius 3 is 2.41 bits per heavy atom. The van der Waals surface area contributed by atoms with E-state index in [0.29, 0.717) is 12.0 Å². The molecule has 2 fully saturated rings. The van der Waals surface area contributed by atoms with Gasteiger partial charge in [0, 0.05) is 19.1 Å². The molecule has 0 aromatic rings. The van der Waals surface area contributed by atoms with Crippen molar-refractivity contribution >= 4 is 6.03 Å². The zero-order valence-corrected chi connectivity index (χ0v) is 11.1. The molecule has 0 radical (unpaired) electrons. The van der Waals surface area contributed by atoms with Crippen LogP contribution in [-0.4, -0.2) is 30.1 Å². The first-order valence-corrected chi connectivity index (χ1v) is 7.31. The molecule has 1 aliphatic carbocycles. The van der Waals surface area contributed by atoms with Gasteiger partial charge in [0.25, 0.3) is 0 Å². The van der Waals surface area contributed by atoms with E-state index in [2.05, 4.69) is 12.2 Å². The van der Waals surface area contributed by atoms with E-state index in [1.54, 1.807) is 0 Å². The smallest absolute Gasteiger partial charge is 0.317 e. The minimum Gasteiger partial charge on any atom is -0.335 e. The van der Waals surface area contributed by atoms with Crippen molar-refractivity contribution in [3.8, 4) is 0 Å². The van der Waals surface area contributed by atoms with Crippen LogP contribution in [0, 0.1) is 5.92 Å². The standard InChI is InChI=1S/C14H26N2O/c1-12-7-6-10-16(11-12)14(17)15-13-8-4-2-3-5-9-13/h12-13H,2-11H2,1H3,(H,15,17). The summed E-state index contributed by atoms with van der Waals surface area (Å²) in [6, 6.07) is 0.616. The van der Waals surface area contributed by atoms with E-state index >= 15 is 0 Å². The van der Waals surface area contributed by atoms with Crippen LogP contribution in [0.4, 0.5) is 4.79 Å². The molecule has 0 bridgehead atoms. The van der Waals surface area contributed by atoms with Crippen molar-refractivity contribution in [1.82, 2.24) is 10.2 Å². The van der Waals surface area contributed by atoms with Gasteiger partial charge in [0.05, 0.1) is 0 Å². The maximum Gasteiger partial charge on any atom is 0.317 e. The third-order valence-corrected chi connectivity index (χ3v) is 4.13. The van der Waals surface area contributed by atoms with Gasteiger partial charge in [0.2, 0.25) is 0 Å². The Labute approximate surface area is 105 Å². The summed E-state index contributed by atoms with van der Waals surface area (Å²) in [5, 5.41) is 3.24. The first-order valence-electron chi connectivity index (χ1n) is 7.31. The first kappa shape index (κ1) is 12.7. The summed E-state index contributed by atoms with van der Waals surface area (Å²) in [5.74, 6) is 0.670. The molecule has 1 heterocycles. The Bertz CT molecular complexity index is 247. The van der Waals surface area contributed by atoms with Crippen LogP contribution in [0.25, 0.3) is 0 Å². The molecule has 2 rings (SSSR count). The molecule has 1 saturated carbocycles. The predicted octanol–water partition coefficient (Wildman–Crippen LogP) is 3.15.